The number of hydrogen-bond donors (Lipinski definition) is 2. The van der Waals surface area contributed by atoms with Crippen LogP contribution in [0, 0.1) is 5.92 Å². The van der Waals surface area contributed by atoms with Crippen molar-refractivity contribution in [3.05, 3.63) is 10.4 Å². The Balaban J connectivity index is 2.55. The zero-order valence-corrected chi connectivity index (χ0v) is 11.2. The summed E-state index contributed by atoms with van der Waals surface area (Å²) in [5.74, 6) is 0.820. The maximum absolute atomic E-state index is 8.95. The van der Waals surface area contributed by atoms with Gasteiger partial charge >= 0.3 is 0 Å². The van der Waals surface area contributed by atoms with Crippen LogP contribution in [0.3, 0.4) is 0 Å². The van der Waals surface area contributed by atoms with E-state index in [9.17, 15) is 0 Å². The van der Waals surface area contributed by atoms with Gasteiger partial charge in [-0.15, -0.1) is 10.2 Å². The molecule has 17 heavy (non-hydrogen) atoms. The standard InChI is InChI=1S/C10H16Cl2N4O/c1-2-3-7(4-5-17)6-13-9-8(11)15-16-10(12)14-9/h7,17H,2-6H2,1H3,(H,13,14,16). The van der Waals surface area contributed by atoms with Gasteiger partial charge in [0.25, 0.3) is 0 Å². The van der Waals surface area contributed by atoms with Crippen LogP contribution in [0.25, 0.3) is 0 Å². The Morgan fingerprint density at radius 1 is 1.29 bits per heavy atom. The number of aromatic nitrogens is 3. The molecule has 1 rings (SSSR count). The molecule has 7 heteroatoms. The summed E-state index contributed by atoms with van der Waals surface area (Å²) in [5.41, 5.74) is 0. The maximum Gasteiger partial charge on any atom is 0.245 e. The number of aliphatic hydroxyl groups is 1. The van der Waals surface area contributed by atoms with E-state index in [-0.39, 0.29) is 17.0 Å². The summed E-state index contributed by atoms with van der Waals surface area (Å²) in [7, 11) is 0. The van der Waals surface area contributed by atoms with Crippen LogP contribution in [0.1, 0.15) is 26.2 Å². The Hall–Kier alpha value is -0.650. The average molecular weight is 279 g/mol. The van der Waals surface area contributed by atoms with E-state index in [2.05, 4.69) is 27.4 Å². The predicted octanol–water partition coefficient (Wildman–Crippen LogP) is 2.39. The predicted molar refractivity (Wildman–Crippen MR) is 68.4 cm³/mol. The second-order valence-corrected chi connectivity index (χ2v) is 4.46. The summed E-state index contributed by atoms with van der Waals surface area (Å²) < 4.78 is 0. The van der Waals surface area contributed by atoms with Gasteiger partial charge in [0.2, 0.25) is 5.28 Å². The Morgan fingerprint density at radius 3 is 2.71 bits per heavy atom. The van der Waals surface area contributed by atoms with Crippen molar-refractivity contribution in [1.29, 1.82) is 0 Å². The summed E-state index contributed by atoms with van der Waals surface area (Å²) in [6, 6.07) is 0. The molecule has 0 aliphatic heterocycles. The van der Waals surface area contributed by atoms with Gasteiger partial charge in [-0.25, -0.2) is 0 Å². The van der Waals surface area contributed by atoms with E-state index >= 15 is 0 Å². The van der Waals surface area contributed by atoms with Crippen molar-refractivity contribution in [2.75, 3.05) is 18.5 Å². The van der Waals surface area contributed by atoms with Gasteiger partial charge in [0, 0.05) is 13.2 Å². The molecule has 0 aliphatic rings. The smallest absolute Gasteiger partial charge is 0.245 e. The number of nitrogens with zero attached hydrogens (tertiary/aromatic N) is 3. The van der Waals surface area contributed by atoms with E-state index < -0.39 is 0 Å². The van der Waals surface area contributed by atoms with Gasteiger partial charge in [-0.3, -0.25) is 0 Å². The summed E-state index contributed by atoms with van der Waals surface area (Å²) in [4.78, 5) is 3.95. The van der Waals surface area contributed by atoms with Crippen molar-refractivity contribution in [2.24, 2.45) is 5.92 Å². The minimum absolute atomic E-state index is 0.0612. The number of anilines is 1. The van der Waals surface area contributed by atoms with E-state index in [4.69, 9.17) is 28.3 Å². The molecule has 1 unspecified atom stereocenters. The van der Waals surface area contributed by atoms with Crippen LogP contribution in [-0.2, 0) is 0 Å². The highest BCUT2D eigenvalue weighted by atomic mass is 35.5. The highest BCUT2D eigenvalue weighted by Gasteiger charge is 2.10. The van der Waals surface area contributed by atoms with Crippen molar-refractivity contribution in [3.8, 4) is 0 Å². The molecule has 0 radical (unpaired) electrons. The molecule has 0 fully saturated rings. The summed E-state index contributed by atoms with van der Waals surface area (Å²) >= 11 is 11.5. The van der Waals surface area contributed by atoms with Gasteiger partial charge in [0.1, 0.15) is 0 Å². The molecular weight excluding hydrogens is 263 g/mol. The van der Waals surface area contributed by atoms with Gasteiger partial charge in [-0.2, -0.15) is 4.98 Å². The molecule has 0 aliphatic carbocycles. The highest BCUT2D eigenvalue weighted by molar-refractivity contribution is 6.32. The Labute approximate surface area is 111 Å². The molecule has 0 bridgehead atoms. The average Bonchev–Trinajstić information content (AvgIpc) is 2.30. The molecule has 2 N–H and O–H groups in total. The largest absolute Gasteiger partial charge is 0.396 e. The SMILES string of the molecule is CCCC(CCO)CNc1nc(Cl)nnc1Cl. The minimum atomic E-state index is 0.0612. The molecule has 1 aromatic heterocycles. The Bertz CT molecular complexity index is 345. The maximum atomic E-state index is 8.95. The minimum Gasteiger partial charge on any atom is -0.396 e. The molecule has 5 nitrogen and oxygen atoms in total. The molecule has 0 saturated heterocycles. The molecule has 0 saturated carbocycles. The van der Waals surface area contributed by atoms with Crippen LogP contribution in [0.4, 0.5) is 5.82 Å². The second kappa shape index (κ2) is 7.63. The first-order valence-corrected chi connectivity index (χ1v) is 6.33. The van der Waals surface area contributed by atoms with Crippen LogP contribution in [0.15, 0.2) is 0 Å². The molecule has 0 spiro atoms. The first-order chi connectivity index (χ1) is 8.17. The first kappa shape index (κ1) is 14.4. The van der Waals surface area contributed by atoms with E-state index in [1.165, 1.54) is 0 Å². The zero-order chi connectivity index (χ0) is 12.7. The van der Waals surface area contributed by atoms with Crippen molar-refractivity contribution < 1.29 is 5.11 Å². The summed E-state index contributed by atoms with van der Waals surface area (Å²) in [5, 5.41) is 19.5. The van der Waals surface area contributed by atoms with Gasteiger partial charge in [0.05, 0.1) is 0 Å². The third-order valence-electron chi connectivity index (χ3n) is 2.41. The van der Waals surface area contributed by atoms with Crippen LogP contribution < -0.4 is 5.32 Å². The van der Waals surface area contributed by atoms with E-state index in [1.54, 1.807) is 0 Å². The fraction of sp³-hybridized carbons (Fsp3) is 0.700. The Morgan fingerprint density at radius 2 is 2.06 bits per heavy atom. The van der Waals surface area contributed by atoms with Crippen molar-refractivity contribution in [2.45, 2.75) is 26.2 Å². The van der Waals surface area contributed by atoms with Crippen molar-refractivity contribution in [1.82, 2.24) is 15.2 Å². The first-order valence-electron chi connectivity index (χ1n) is 5.57. The van der Waals surface area contributed by atoms with Crippen LogP contribution in [-0.4, -0.2) is 33.4 Å². The van der Waals surface area contributed by atoms with E-state index in [0.717, 1.165) is 19.3 Å². The molecule has 1 aromatic rings. The number of hydrogen-bond acceptors (Lipinski definition) is 5. The third kappa shape index (κ3) is 5.02. The van der Waals surface area contributed by atoms with Crippen LogP contribution in [0.5, 0.6) is 0 Å². The van der Waals surface area contributed by atoms with Crippen molar-refractivity contribution >= 4 is 29.0 Å². The van der Waals surface area contributed by atoms with Crippen molar-refractivity contribution in [3.63, 3.8) is 0 Å². The number of halogens is 2. The van der Waals surface area contributed by atoms with Crippen LogP contribution >= 0.6 is 23.2 Å². The quantitative estimate of drug-likeness (QED) is 0.802. The second-order valence-electron chi connectivity index (χ2n) is 3.77. The Kier molecular flexibility index (Phi) is 6.47. The molecule has 96 valence electrons. The number of nitrogens with one attached hydrogen (secondary N) is 1. The highest BCUT2D eigenvalue weighted by Crippen LogP contribution is 2.18. The monoisotopic (exact) mass is 278 g/mol. The van der Waals surface area contributed by atoms with E-state index in [1.807, 2.05) is 0 Å². The van der Waals surface area contributed by atoms with E-state index in [0.29, 0.717) is 18.3 Å². The van der Waals surface area contributed by atoms with Gasteiger partial charge in [0.15, 0.2) is 11.0 Å². The summed E-state index contributed by atoms with van der Waals surface area (Å²) in [6.45, 7) is 2.98. The lowest BCUT2D eigenvalue weighted by Gasteiger charge is -2.16. The fourth-order valence-corrected chi connectivity index (χ4v) is 1.86. The third-order valence-corrected chi connectivity index (χ3v) is 2.83. The molecule has 1 heterocycles. The normalized spacial score (nSPS) is 12.5. The number of rotatable bonds is 7. The molecule has 0 amide bonds. The van der Waals surface area contributed by atoms with Gasteiger partial charge < -0.3 is 10.4 Å². The lowest BCUT2D eigenvalue weighted by molar-refractivity contribution is 0.255. The van der Waals surface area contributed by atoms with Crippen LogP contribution in [0.2, 0.25) is 10.4 Å². The molecule has 1 atom stereocenters. The fourth-order valence-electron chi connectivity index (χ4n) is 1.59. The molecule has 0 aromatic carbocycles. The summed E-state index contributed by atoms with van der Waals surface area (Å²) in [6.07, 6.45) is 2.87. The lowest BCUT2D eigenvalue weighted by atomic mass is 10.0. The van der Waals surface area contributed by atoms with Gasteiger partial charge in [-0.05, 0) is 30.4 Å². The zero-order valence-electron chi connectivity index (χ0n) is 9.66. The topological polar surface area (TPSA) is 70.9 Å². The molecular formula is C10H16Cl2N4O. The number of aliphatic hydroxyl groups excluding tert-OH is 1. The lowest BCUT2D eigenvalue weighted by Crippen LogP contribution is -2.17. The van der Waals surface area contributed by atoms with Gasteiger partial charge in [-0.1, -0.05) is 24.9 Å².